The molecule has 0 aliphatic rings. The lowest BCUT2D eigenvalue weighted by Gasteiger charge is -2.04. The van der Waals surface area contributed by atoms with Crippen LogP contribution in [0.5, 0.6) is 0 Å². The fraction of sp³-hybridized carbons (Fsp3) is 0.154. The van der Waals surface area contributed by atoms with Gasteiger partial charge in [0.2, 0.25) is 0 Å². The summed E-state index contributed by atoms with van der Waals surface area (Å²) in [5.74, 6) is 0.0678. The number of allylic oxidation sites excluding steroid dienone is 2. The summed E-state index contributed by atoms with van der Waals surface area (Å²) in [6.07, 6.45) is 4.45. The van der Waals surface area contributed by atoms with E-state index in [1.807, 2.05) is 25.1 Å². The van der Waals surface area contributed by atoms with Crippen molar-refractivity contribution in [2.24, 2.45) is 5.92 Å². The highest BCUT2D eigenvalue weighted by Gasteiger charge is 2.03. The molecule has 0 spiro atoms. The number of hydrogen-bond acceptors (Lipinski definition) is 1. The smallest absolute Gasteiger partial charge is 0.146 e. The van der Waals surface area contributed by atoms with Gasteiger partial charge in [-0.3, -0.25) is 4.79 Å². The first-order valence-electron chi connectivity index (χ1n) is 4.72. The number of rotatable bonds is 4. The predicted octanol–water partition coefficient (Wildman–Crippen LogP) is 3.74. The van der Waals surface area contributed by atoms with Crippen LogP contribution >= 0.6 is 11.6 Å². The summed E-state index contributed by atoms with van der Waals surface area (Å²) in [7, 11) is 0. The first kappa shape index (κ1) is 11.7. The molecule has 1 aromatic rings. The minimum absolute atomic E-state index is 0.0678. The van der Waals surface area contributed by atoms with Gasteiger partial charge in [-0.05, 0) is 29.3 Å². The molecule has 78 valence electrons. The summed E-state index contributed by atoms with van der Waals surface area (Å²) >= 11 is 5.77. The molecular formula is C13H13ClO. The minimum atomic E-state index is 0.0678. The normalized spacial score (nSPS) is 13.3. The van der Waals surface area contributed by atoms with Gasteiger partial charge in [-0.2, -0.15) is 0 Å². The number of carbonyl (C=O) groups excluding carboxylic acids is 1. The molecule has 0 saturated heterocycles. The van der Waals surface area contributed by atoms with E-state index in [1.165, 1.54) is 0 Å². The molecule has 0 bridgehead atoms. The number of benzene rings is 1. The van der Waals surface area contributed by atoms with Gasteiger partial charge in [0.1, 0.15) is 6.29 Å². The second kappa shape index (κ2) is 5.52. The van der Waals surface area contributed by atoms with Gasteiger partial charge in [-0.1, -0.05) is 36.7 Å². The third-order valence-corrected chi connectivity index (χ3v) is 2.47. The minimum Gasteiger partial charge on any atom is -0.298 e. The van der Waals surface area contributed by atoms with E-state index in [1.54, 1.807) is 18.2 Å². The van der Waals surface area contributed by atoms with E-state index in [4.69, 9.17) is 11.6 Å². The maximum absolute atomic E-state index is 10.8. The fourth-order valence-electron chi connectivity index (χ4n) is 1.16. The molecule has 1 nitrogen and oxygen atoms in total. The highest BCUT2D eigenvalue weighted by atomic mass is 35.5. The molecule has 0 radical (unpaired) electrons. The second-order valence-electron chi connectivity index (χ2n) is 3.34. The molecule has 1 aromatic carbocycles. The van der Waals surface area contributed by atoms with Crippen molar-refractivity contribution in [3.8, 4) is 0 Å². The summed E-state index contributed by atoms with van der Waals surface area (Å²) < 4.78 is 0. The number of halogens is 1. The van der Waals surface area contributed by atoms with Crippen LogP contribution in [-0.4, -0.2) is 6.29 Å². The SMILES string of the molecule is C=CC(C)/C(C=O)=C/c1ccc(Cl)cc1. The molecule has 0 aliphatic carbocycles. The molecule has 2 heteroatoms. The molecule has 0 amide bonds. The molecule has 0 aliphatic heterocycles. The Morgan fingerprint density at radius 2 is 2.00 bits per heavy atom. The van der Waals surface area contributed by atoms with Gasteiger partial charge in [0.05, 0.1) is 0 Å². The monoisotopic (exact) mass is 220 g/mol. The lowest BCUT2D eigenvalue weighted by atomic mass is 10.00. The summed E-state index contributed by atoms with van der Waals surface area (Å²) in [4.78, 5) is 10.8. The van der Waals surface area contributed by atoms with Gasteiger partial charge in [0.15, 0.2) is 0 Å². The van der Waals surface area contributed by atoms with Gasteiger partial charge in [0.25, 0.3) is 0 Å². The van der Waals surface area contributed by atoms with Crippen LogP contribution in [0.25, 0.3) is 6.08 Å². The Kier molecular flexibility index (Phi) is 4.32. The first-order chi connectivity index (χ1) is 7.17. The van der Waals surface area contributed by atoms with E-state index in [-0.39, 0.29) is 5.92 Å². The van der Waals surface area contributed by atoms with Crippen LogP contribution in [0.3, 0.4) is 0 Å². The Balaban J connectivity index is 2.97. The zero-order valence-electron chi connectivity index (χ0n) is 8.61. The van der Waals surface area contributed by atoms with Crippen molar-refractivity contribution in [1.82, 2.24) is 0 Å². The highest BCUT2D eigenvalue weighted by molar-refractivity contribution is 6.30. The molecule has 15 heavy (non-hydrogen) atoms. The Morgan fingerprint density at radius 1 is 1.40 bits per heavy atom. The third-order valence-electron chi connectivity index (χ3n) is 2.22. The van der Waals surface area contributed by atoms with E-state index in [0.717, 1.165) is 11.8 Å². The van der Waals surface area contributed by atoms with Gasteiger partial charge >= 0.3 is 0 Å². The fourth-order valence-corrected chi connectivity index (χ4v) is 1.29. The van der Waals surface area contributed by atoms with Gasteiger partial charge in [-0.25, -0.2) is 0 Å². The summed E-state index contributed by atoms with van der Waals surface area (Å²) in [5, 5.41) is 0.691. The van der Waals surface area contributed by atoms with Gasteiger partial charge in [-0.15, -0.1) is 6.58 Å². The van der Waals surface area contributed by atoms with Crippen LogP contribution < -0.4 is 0 Å². The van der Waals surface area contributed by atoms with Crippen molar-refractivity contribution >= 4 is 24.0 Å². The van der Waals surface area contributed by atoms with E-state index in [9.17, 15) is 4.79 Å². The molecule has 1 unspecified atom stereocenters. The Bertz CT molecular complexity index is 376. The van der Waals surface area contributed by atoms with E-state index in [0.29, 0.717) is 10.6 Å². The molecule has 0 heterocycles. The van der Waals surface area contributed by atoms with Crippen molar-refractivity contribution in [2.75, 3.05) is 0 Å². The second-order valence-corrected chi connectivity index (χ2v) is 3.77. The summed E-state index contributed by atoms with van der Waals surface area (Å²) in [6, 6.07) is 7.35. The molecule has 0 N–H and O–H groups in total. The van der Waals surface area contributed by atoms with Crippen molar-refractivity contribution in [3.63, 3.8) is 0 Å². The molecule has 0 fully saturated rings. The van der Waals surface area contributed by atoms with Crippen LogP contribution in [0.4, 0.5) is 0 Å². The third kappa shape index (κ3) is 3.37. The predicted molar refractivity (Wildman–Crippen MR) is 64.9 cm³/mol. The Hall–Kier alpha value is -1.34. The van der Waals surface area contributed by atoms with Crippen LogP contribution in [0.1, 0.15) is 12.5 Å². The van der Waals surface area contributed by atoms with Crippen molar-refractivity contribution in [1.29, 1.82) is 0 Å². The van der Waals surface area contributed by atoms with Crippen molar-refractivity contribution in [3.05, 3.63) is 53.1 Å². The van der Waals surface area contributed by atoms with Gasteiger partial charge in [0, 0.05) is 10.9 Å². The maximum atomic E-state index is 10.8. The van der Waals surface area contributed by atoms with E-state index in [2.05, 4.69) is 6.58 Å². The van der Waals surface area contributed by atoms with E-state index >= 15 is 0 Å². The molecule has 1 rings (SSSR count). The Morgan fingerprint density at radius 3 is 2.47 bits per heavy atom. The van der Waals surface area contributed by atoms with Crippen LogP contribution in [0, 0.1) is 5.92 Å². The maximum Gasteiger partial charge on any atom is 0.146 e. The highest BCUT2D eigenvalue weighted by Crippen LogP contribution is 2.16. The topological polar surface area (TPSA) is 17.1 Å². The molecule has 0 saturated carbocycles. The molecular weight excluding hydrogens is 208 g/mol. The lowest BCUT2D eigenvalue weighted by Crippen LogP contribution is -1.96. The van der Waals surface area contributed by atoms with Crippen molar-refractivity contribution < 1.29 is 4.79 Å². The lowest BCUT2D eigenvalue weighted by molar-refractivity contribution is -0.105. The number of carbonyl (C=O) groups is 1. The first-order valence-corrected chi connectivity index (χ1v) is 5.10. The zero-order valence-corrected chi connectivity index (χ0v) is 9.37. The van der Waals surface area contributed by atoms with Crippen molar-refractivity contribution in [2.45, 2.75) is 6.92 Å². The molecule has 1 atom stereocenters. The average molecular weight is 221 g/mol. The van der Waals surface area contributed by atoms with Gasteiger partial charge < -0.3 is 0 Å². The van der Waals surface area contributed by atoms with E-state index < -0.39 is 0 Å². The average Bonchev–Trinajstić information content (AvgIpc) is 2.27. The van der Waals surface area contributed by atoms with Crippen LogP contribution in [0.2, 0.25) is 5.02 Å². The van der Waals surface area contributed by atoms with Crippen LogP contribution in [-0.2, 0) is 4.79 Å². The number of aldehydes is 1. The molecule has 0 aromatic heterocycles. The quantitative estimate of drug-likeness (QED) is 0.429. The standard InChI is InChI=1S/C13H13ClO/c1-3-10(2)12(9-15)8-11-4-6-13(14)7-5-11/h3-10H,1H2,2H3/b12-8+. The van der Waals surface area contributed by atoms with Crippen LogP contribution in [0.15, 0.2) is 42.5 Å². The largest absolute Gasteiger partial charge is 0.298 e. The summed E-state index contributed by atoms with van der Waals surface area (Å²) in [5.41, 5.74) is 1.68. The number of hydrogen-bond donors (Lipinski definition) is 0. The Labute approximate surface area is 95.1 Å². The summed E-state index contributed by atoms with van der Waals surface area (Å²) in [6.45, 7) is 5.60. The zero-order chi connectivity index (χ0) is 11.3.